The number of para-hydroxylation sites is 1. The molecule has 1 fully saturated rings. The molecule has 1 N–H and O–H groups in total. The summed E-state index contributed by atoms with van der Waals surface area (Å²) in [7, 11) is 0. The highest BCUT2D eigenvalue weighted by atomic mass is 32.2. The molecule has 2 aromatic carbocycles. The largest absolute Gasteiger partial charge is 0.448 e. The standard InChI is InChI=1S/C25H25N3O4S/c1-16-8-10-17(11-9-16)13-26-21(29)15-33-25-27-22-19-6-2-3-7-20(19)32-23(22)24(30)28(25)14-18-5-4-12-31-18/h2-3,6-11,18H,4-5,12-15H2,1H3,(H,26,29)/t18-/m0/s1. The first-order chi connectivity index (χ1) is 16.1. The first-order valence-electron chi connectivity index (χ1n) is 11.1. The molecule has 1 atom stereocenters. The quantitative estimate of drug-likeness (QED) is 0.329. The number of ether oxygens (including phenoxy) is 1. The van der Waals surface area contributed by atoms with Crippen LogP contribution in [0.3, 0.4) is 0 Å². The smallest absolute Gasteiger partial charge is 0.297 e. The third-order valence-electron chi connectivity index (χ3n) is 5.80. The van der Waals surface area contributed by atoms with E-state index in [1.54, 1.807) is 4.57 Å². The Morgan fingerprint density at radius 3 is 2.82 bits per heavy atom. The Morgan fingerprint density at radius 1 is 1.21 bits per heavy atom. The Bertz CT molecular complexity index is 1350. The number of benzene rings is 2. The molecule has 4 aromatic rings. The Kier molecular flexibility index (Phi) is 6.20. The lowest BCUT2D eigenvalue weighted by atomic mass is 10.1. The molecule has 5 rings (SSSR count). The highest BCUT2D eigenvalue weighted by Gasteiger charge is 2.23. The molecule has 0 bridgehead atoms. The fraction of sp³-hybridized carbons (Fsp3) is 0.320. The molecule has 0 radical (unpaired) electrons. The van der Waals surface area contributed by atoms with Crippen LogP contribution in [-0.2, 0) is 22.6 Å². The average Bonchev–Trinajstić information content (AvgIpc) is 3.47. The summed E-state index contributed by atoms with van der Waals surface area (Å²) in [4.78, 5) is 30.6. The van der Waals surface area contributed by atoms with E-state index < -0.39 is 0 Å². The van der Waals surface area contributed by atoms with Crippen LogP contribution in [0.5, 0.6) is 0 Å². The fourth-order valence-corrected chi connectivity index (χ4v) is 4.84. The summed E-state index contributed by atoms with van der Waals surface area (Å²) in [5, 5.41) is 4.23. The zero-order valence-corrected chi connectivity index (χ0v) is 19.2. The normalized spacial score (nSPS) is 16.0. The van der Waals surface area contributed by atoms with Crippen LogP contribution in [-0.4, -0.2) is 33.9 Å². The maximum absolute atomic E-state index is 13.3. The Hall–Kier alpha value is -3.10. The number of amides is 1. The van der Waals surface area contributed by atoms with Gasteiger partial charge in [-0.3, -0.25) is 14.2 Å². The van der Waals surface area contributed by atoms with Crippen molar-refractivity contribution in [3.05, 3.63) is 70.0 Å². The van der Waals surface area contributed by atoms with E-state index in [9.17, 15) is 9.59 Å². The molecular formula is C25H25N3O4S. The van der Waals surface area contributed by atoms with Crippen LogP contribution in [0, 0.1) is 6.92 Å². The van der Waals surface area contributed by atoms with Gasteiger partial charge in [-0.05, 0) is 37.5 Å². The number of hydrogen-bond donors (Lipinski definition) is 1. The van der Waals surface area contributed by atoms with Crippen molar-refractivity contribution in [2.24, 2.45) is 0 Å². The molecule has 170 valence electrons. The van der Waals surface area contributed by atoms with Gasteiger partial charge in [0.25, 0.3) is 5.56 Å². The second kappa shape index (κ2) is 9.41. The monoisotopic (exact) mass is 463 g/mol. The zero-order valence-electron chi connectivity index (χ0n) is 18.4. The van der Waals surface area contributed by atoms with Crippen molar-refractivity contribution in [2.75, 3.05) is 12.4 Å². The first kappa shape index (κ1) is 21.7. The van der Waals surface area contributed by atoms with Crippen LogP contribution in [0.4, 0.5) is 0 Å². The summed E-state index contributed by atoms with van der Waals surface area (Å²) < 4.78 is 13.2. The lowest BCUT2D eigenvalue weighted by Crippen LogP contribution is -2.29. The van der Waals surface area contributed by atoms with Crippen LogP contribution in [0.2, 0.25) is 0 Å². The number of nitrogens with one attached hydrogen (secondary N) is 1. The second-order valence-electron chi connectivity index (χ2n) is 8.27. The van der Waals surface area contributed by atoms with Gasteiger partial charge in [-0.1, -0.05) is 53.7 Å². The third kappa shape index (κ3) is 4.67. The third-order valence-corrected chi connectivity index (χ3v) is 6.78. The molecule has 0 unspecified atom stereocenters. The van der Waals surface area contributed by atoms with Crippen LogP contribution < -0.4 is 10.9 Å². The molecular weight excluding hydrogens is 438 g/mol. The van der Waals surface area contributed by atoms with Gasteiger partial charge in [-0.2, -0.15) is 0 Å². The van der Waals surface area contributed by atoms with Crippen molar-refractivity contribution in [1.29, 1.82) is 0 Å². The molecule has 1 aliphatic rings. The molecule has 3 heterocycles. The summed E-state index contributed by atoms with van der Waals surface area (Å²) in [5.41, 5.74) is 3.37. The first-order valence-corrected chi connectivity index (χ1v) is 12.1. The van der Waals surface area contributed by atoms with Gasteiger partial charge in [0, 0.05) is 18.5 Å². The summed E-state index contributed by atoms with van der Waals surface area (Å²) in [6.45, 7) is 3.58. The molecule has 1 saturated heterocycles. The van der Waals surface area contributed by atoms with E-state index in [1.807, 2.05) is 55.5 Å². The highest BCUT2D eigenvalue weighted by Crippen LogP contribution is 2.28. The van der Waals surface area contributed by atoms with E-state index in [-0.39, 0.29) is 28.9 Å². The predicted molar refractivity (Wildman–Crippen MR) is 128 cm³/mol. The highest BCUT2D eigenvalue weighted by molar-refractivity contribution is 7.99. The Morgan fingerprint density at radius 2 is 2.03 bits per heavy atom. The number of fused-ring (bicyclic) bond motifs is 3. The second-order valence-corrected chi connectivity index (χ2v) is 9.21. The molecule has 0 spiro atoms. The molecule has 1 amide bonds. The van der Waals surface area contributed by atoms with Crippen molar-refractivity contribution >= 4 is 39.7 Å². The topological polar surface area (TPSA) is 86.4 Å². The minimum absolute atomic E-state index is 0.0407. The number of hydrogen-bond acceptors (Lipinski definition) is 6. The van der Waals surface area contributed by atoms with Gasteiger partial charge in [-0.25, -0.2) is 4.98 Å². The molecule has 7 nitrogen and oxygen atoms in total. The summed E-state index contributed by atoms with van der Waals surface area (Å²) >= 11 is 1.26. The number of aryl methyl sites for hydroxylation is 1. The molecule has 1 aliphatic heterocycles. The lowest BCUT2D eigenvalue weighted by Gasteiger charge is -2.15. The van der Waals surface area contributed by atoms with Crippen molar-refractivity contribution in [2.45, 2.75) is 44.1 Å². The van der Waals surface area contributed by atoms with Gasteiger partial charge >= 0.3 is 0 Å². The minimum Gasteiger partial charge on any atom is -0.448 e. The molecule has 0 aliphatic carbocycles. The van der Waals surface area contributed by atoms with E-state index in [0.29, 0.717) is 36.0 Å². The van der Waals surface area contributed by atoms with E-state index in [2.05, 4.69) is 5.32 Å². The van der Waals surface area contributed by atoms with E-state index >= 15 is 0 Å². The lowest BCUT2D eigenvalue weighted by molar-refractivity contribution is -0.118. The maximum atomic E-state index is 13.3. The molecule has 8 heteroatoms. The van der Waals surface area contributed by atoms with Crippen molar-refractivity contribution < 1.29 is 13.9 Å². The molecule has 33 heavy (non-hydrogen) atoms. The van der Waals surface area contributed by atoms with E-state index in [4.69, 9.17) is 14.1 Å². The number of carbonyl (C=O) groups excluding carboxylic acids is 1. The average molecular weight is 464 g/mol. The fourth-order valence-electron chi connectivity index (χ4n) is 4.00. The minimum atomic E-state index is -0.241. The maximum Gasteiger partial charge on any atom is 0.297 e. The van der Waals surface area contributed by atoms with Crippen LogP contribution in [0.15, 0.2) is 62.9 Å². The number of thioether (sulfide) groups is 1. The number of aromatic nitrogens is 2. The predicted octanol–water partition coefficient (Wildman–Crippen LogP) is 4.04. The number of furan rings is 1. The van der Waals surface area contributed by atoms with Crippen LogP contribution >= 0.6 is 11.8 Å². The van der Waals surface area contributed by atoms with E-state index in [1.165, 1.54) is 17.3 Å². The van der Waals surface area contributed by atoms with E-state index in [0.717, 1.165) is 23.8 Å². The van der Waals surface area contributed by atoms with Crippen LogP contribution in [0.1, 0.15) is 24.0 Å². The van der Waals surface area contributed by atoms with Gasteiger partial charge in [0.1, 0.15) is 11.1 Å². The molecule has 0 saturated carbocycles. The number of carbonyl (C=O) groups is 1. The summed E-state index contributed by atoms with van der Waals surface area (Å²) in [5.74, 6) is 0.0427. The van der Waals surface area contributed by atoms with Gasteiger partial charge in [0.15, 0.2) is 5.16 Å². The van der Waals surface area contributed by atoms with Gasteiger partial charge < -0.3 is 14.5 Å². The summed E-state index contributed by atoms with van der Waals surface area (Å²) in [6.07, 6.45) is 1.83. The van der Waals surface area contributed by atoms with Gasteiger partial charge in [0.05, 0.1) is 18.4 Å². The van der Waals surface area contributed by atoms with Crippen LogP contribution in [0.25, 0.3) is 22.1 Å². The SMILES string of the molecule is Cc1ccc(CNC(=O)CSc2nc3c(oc4ccccc43)c(=O)n2C[C@@H]2CCCO2)cc1. The van der Waals surface area contributed by atoms with Crippen molar-refractivity contribution in [1.82, 2.24) is 14.9 Å². The molecule has 2 aromatic heterocycles. The zero-order chi connectivity index (χ0) is 22.8. The Balaban J connectivity index is 1.39. The van der Waals surface area contributed by atoms with Crippen molar-refractivity contribution in [3.63, 3.8) is 0 Å². The van der Waals surface area contributed by atoms with Gasteiger partial charge in [-0.15, -0.1) is 0 Å². The summed E-state index contributed by atoms with van der Waals surface area (Å²) in [6, 6.07) is 15.5. The number of nitrogens with zero attached hydrogens (tertiary/aromatic N) is 2. The Labute approximate surface area is 195 Å². The number of rotatable bonds is 7. The van der Waals surface area contributed by atoms with Gasteiger partial charge in [0.2, 0.25) is 11.5 Å². The van der Waals surface area contributed by atoms with Crippen molar-refractivity contribution in [3.8, 4) is 0 Å².